The molecule has 3 rings (SSSR count). The van der Waals surface area contributed by atoms with Crippen molar-refractivity contribution in [1.82, 2.24) is 15.5 Å². The zero-order chi connectivity index (χ0) is 18.7. The fourth-order valence-electron chi connectivity index (χ4n) is 3.74. The molecule has 7 nitrogen and oxygen atoms in total. The highest BCUT2D eigenvalue weighted by Gasteiger charge is 2.24. The van der Waals surface area contributed by atoms with E-state index in [1.54, 1.807) is 6.26 Å². The van der Waals surface area contributed by atoms with Crippen LogP contribution in [0.4, 0.5) is 4.79 Å². The maximum absolute atomic E-state index is 12.1. The van der Waals surface area contributed by atoms with Crippen LogP contribution in [0, 0.1) is 0 Å². The van der Waals surface area contributed by atoms with Crippen molar-refractivity contribution in [2.45, 2.75) is 50.7 Å². The maximum Gasteiger partial charge on any atom is 0.314 e. The normalized spacial score (nSPS) is 21.9. The number of piperidine rings is 1. The van der Waals surface area contributed by atoms with Gasteiger partial charge in [0.1, 0.15) is 5.76 Å². The summed E-state index contributed by atoms with van der Waals surface area (Å²) in [5.41, 5.74) is 0. The van der Waals surface area contributed by atoms with E-state index in [1.807, 2.05) is 12.1 Å². The predicted octanol–water partition coefficient (Wildman–Crippen LogP) is 2.69. The van der Waals surface area contributed by atoms with Gasteiger partial charge in [-0.1, -0.05) is 6.42 Å². The standard InChI is InChI=1S/C20H33N3O4/c24-20(21-9-6-12-25-16-17-7-4-13-26-17)22-15-18(19-8-5-14-27-19)23-10-2-1-3-11-23/h5,8,14,17-18H,1-4,6-7,9-13,15-16H2,(H2,21,22,24). The van der Waals surface area contributed by atoms with E-state index < -0.39 is 0 Å². The number of amides is 2. The van der Waals surface area contributed by atoms with Gasteiger partial charge in [-0.3, -0.25) is 4.90 Å². The summed E-state index contributed by atoms with van der Waals surface area (Å²) < 4.78 is 16.7. The number of ether oxygens (including phenoxy) is 2. The molecule has 2 aliphatic heterocycles. The minimum atomic E-state index is -0.136. The molecular formula is C20H33N3O4. The van der Waals surface area contributed by atoms with Crippen molar-refractivity contribution in [3.63, 3.8) is 0 Å². The Morgan fingerprint density at radius 1 is 1.26 bits per heavy atom. The van der Waals surface area contributed by atoms with E-state index in [2.05, 4.69) is 15.5 Å². The molecule has 1 aromatic heterocycles. The fraction of sp³-hybridized carbons (Fsp3) is 0.750. The molecule has 0 saturated carbocycles. The zero-order valence-corrected chi connectivity index (χ0v) is 16.2. The number of carbonyl (C=O) groups is 1. The third-order valence-electron chi connectivity index (χ3n) is 5.24. The highest BCUT2D eigenvalue weighted by atomic mass is 16.5. The lowest BCUT2D eigenvalue weighted by atomic mass is 10.1. The molecule has 0 spiro atoms. The second kappa shape index (κ2) is 11.3. The molecule has 2 fully saturated rings. The first-order valence-corrected chi connectivity index (χ1v) is 10.3. The van der Waals surface area contributed by atoms with Crippen LogP contribution in [-0.4, -0.2) is 63.0 Å². The van der Waals surface area contributed by atoms with Crippen LogP contribution in [0.1, 0.15) is 50.3 Å². The molecule has 27 heavy (non-hydrogen) atoms. The minimum absolute atomic E-state index is 0.0980. The van der Waals surface area contributed by atoms with Crippen molar-refractivity contribution >= 4 is 6.03 Å². The Balaban J connectivity index is 1.30. The molecule has 2 aliphatic rings. The van der Waals surface area contributed by atoms with E-state index in [1.165, 1.54) is 19.3 Å². The summed E-state index contributed by atoms with van der Waals surface area (Å²) in [5, 5.41) is 5.90. The van der Waals surface area contributed by atoms with Gasteiger partial charge >= 0.3 is 6.03 Å². The van der Waals surface area contributed by atoms with E-state index in [9.17, 15) is 4.79 Å². The molecule has 0 radical (unpaired) electrons. The summed E-state index contributed by atoms with van der Waals surface area (Å²) in [5.74, 6) is 0.916. The molecule has 2 amide bonds. The molecule has 2 atom stereocenters. The number of likely N-dealkylation sites (tertiary alicyclic amines) is 1. The Kier molecular flexibility index (Phi) is 8.45. The fourth-order valence-corrected chi connectivity index (χ4v) is 3.74. The molecule has 0 aromatic carbocycles. The van der Waals surface area contributed by atoms with Crippen LogP contribution in [0.5, 0.6) is 0 Å². The Morgan fingerprint density at radius 3 is 2.89 bits per heavy atom. The van der Waals surface area contributed by atoms with E-state index in [-0.39, 0.29) is 18.2 Å². The van der Waals surface area contributed by atoms with Gasteiger partial charge in [-0.2, -0.15) is 0 Å². The molecule has 2 unspecified atom stereocenters. The summed E-state index contributed by atoms with van der Waals surface area (Å²) in [6, 6.07) is 3.86. The van der Waals surface area contributed by atoms with Crippen LogP contribution in [-0.2, 0) is 9.47 Å². The Morgan fingerprint density at radius 2 is 2.15 bits per heavy atom. The number of rotatable bonds is 10. The Hall–Kier alpha value is -1.57. The van der Waals surface area contributed by atoms with Gasteiger partial charge in [0.2, 0.25) is 0 Å². The van der Waals surface area contributed by atoms with Crippen molar-refractivity contribution in [3.8, 4) is 0 Å². The molecule has 0 bridgehead atoms. The molecule has 3 heterocycles. The molecular weight excluding hydrogens is 346 g/mol. The summed E-state index contributed by atoms with van der Waals surface area (Å²) >= 11 is 0. The highest BCUT2D eigenvalue weighted by molar-refractivity contribution is 5.73. The molecule has 1 aromatic rings. The third-order valence-corrected chi connectivity index (χ3v) is 5.24. The molecule has 152 valence electrons. The summed E-state index contributed by atoms with van der Waals surface area (Å²) in [6.45, 7) is 5.41. The summed E-state index contributed by atoms with van der Waals surface area (Å²) in [4.78, 5) is 14.5. The maximum atomic E-state index is 12.1. The first kappa shape index (κ1) is 20.2. The van der Waals surface area contributed by atoms with Crippen LogP contribution in [0.3, 0.4) is 0 Å². The smallest absolute Gasteiger partial charge is 0.314 e. The van der Waals surface area contributed by atoms with E-state index in [0.29, 0.717) is 26.3 Å². The lowest BCUT2D eigenvalue weighted by Crippen LogP contribution is -2.43. The lowest BCUT2D eigenvalue weighted by molar-refractivity contribution is 0.0168. The van der Waals surface area contributed by atoms with E-state index in [0.717, 1.165) is 44.7 Å². The lowest BCUT2D eigenvalue weighted by Gasteiger charge is -2.33. The van der Waals surface area contributed by atoms with Crippen molar-refractivity contribution in [2.24, 2.45) is 0 Å². The second-order valence-corrected chi connectivity index (χ2v) is 7.33. The van der Waals surface area contributed by atoms with Crippen LogP contribution >= 0.6 is 0 Å². The van der Waals surface area contributed by atoms with Crippen molar-refractivity contribution in [1.29, 1.82) is 0 Å². The number of urea groups is 1. The van der Waals surface area contributed by atoms with E-state index >= 15 is 0 Å². The molecule has 2 N–H and O–H groups in total. The first-order chi connectivity index (χ1) is 13.3. The number of nitrogens with zero attached hydrogens (tertiary/aromatic N) is 1. The average Bonchev–Trinajstić information content (AvgIpc) is 3.40. The molecule has 7 heteroatoms. The minimum Gasteiger partial charge on any atom is -0.468 e. The van der Waals surface area contributed by atoms with Crippen LogP contribution in [0.2, 0.25) is 0 Å². The number of hydrogen-bond donors (Lipinski definition) is 2. The third kappa shape index (κ3) is 6.83. The van der Waals surface area contributed by atoms with Crippen molar-refractivity contribution < 1.29 is 18.7 Å². The van der Waals surface area contributed by atoms with Crippen LogP contribution in [0.15, 0.2) is 22.8 Å². The number of hydrogen-bond acceptors (Lipinski definition) is 5. The number of carbonyl (C=O) groups excluding carboxylic acids is 1. The first-order valence-electron chi connectivity index (χ1n) is 10.3. The van der Waals surface area contributed by atoms with Gasteiger partial charge in [-0.25, -0.2) is 4.79 Å². The largest absolute Gasteiger partial charge is 0.468 e. The van der Waals surface area contributed by atoms with Crippen molar-refractivity contribution in [2.75, 3.05) is 46.0 Å². The van der Waals surface area contributed by atoms with Gasteiger partial charge < -0.3 is 24.5 Å². The highest BCUT2D eigenvalue weighted by Crippen LogP contribution is 2.24. The quantitative estimate of drug-likeness (QED) is 0.611. The Bertz CT molecular complexity index is 525. The predicted molar refractivity (Wildman–Crippen MR) is 103 cm³/mol. The van der Waals surface area contributed by atoms with Gasteiger partial charge in [-0.15, -0.1) is 0 Å². The zero-order valence-electron chi connectivity index (χ0n) is 16.2. The van der Waals surface area contributed by atoms with Crippen LogP contribution < -0.4 is 10.6 Å². The topological polar surface area (TPSA) is 76.0 Å². The SMILES string of the molecule is O=C(NCCCOCC1CCCO1)NCC(c1ccco1)N1CCCCC1. The van der Waals surface area contributed by atoms with Crippen molar-refractivity contribution in [3.05, 3.63) is 24.2 Å². The average molecular weight is 380 g/mol. The summed E-state index contributed by atoms with van der Waals surface area (Å²) in [7, 11) is 0. The number of furan rings is 1. The van der Waals surface area contributed by atoms with Gasteiger partial charge in [0.05, 0.1) is 25.0 Å². The van der Waals surface area contributed by atoms with Gasteiger partial charge in [-0.05, 0) is 57.3 Å². The monoisotopic (exact) mass is 379 g/mol. The van der Waals surface area contributed by atoms with Gasteiger partial charge in [0.25, 0.3) is 0 Å². The van der Waals surface area contributed by atoms with Crippen LogP contribution in [0.25, 0.3) is 0 Å². The Labute approximate surface area is 161 Å². The number of nitrogens with one attached hydrogen (secondary N) is 2. The van der Waals surface area contributed by atoms with Gasteiger partial charge in [0, 0.05) is 26.3 Å². The van der Waals surface area contributed by atoms with Gasteiger partial charge in [0.15, 0.2) is 0 Å². The summed E-state index contributed by atoms with van der Waals surface area (Å²) in [6.07, 6.45) is 8.67. The second-order valence-electron chi connectivity index (χ2n) is 7.33. The van der Waals surface area contributed by atoms with E-state index in [4.69, 9.17) is 13.9 Å². The molecule has 0 aliphatic carbocycles. The molecule has 2 saturated heterocycles.